The van der Waals surface area contributed by atoms with Crippen molar-refractivity contribution in [2.24, 2.45) is 0 Å². The Bertz CT molecular complexity index is 199. The van der Waals surface area contributed by atoms with Gasteiger partial charge in [-0.3, -0.25) is 0 Å². The maximum Gasteiger partial charge on any atom is 0.335 e. The Morgan fingerprint density at radius 3 is 2.88 bits per heavy atom. The molecule has 1 aliphatic heterocycles. The summed E-state index contributed by atoms with van der Waals surface area (Å²) in [5.74, 6) is -0.289. The summed E-state index contributed by atoms with van der Waals surface area (Å²) < 4.78 is 15.8. The molecule has 2 atom stereocenters. The molecule has 94 valence electrons. The van der Waals surface area contributed by atoms with Gasteiger partial charge in [-0.1, -0.05) is 19.8 Å². The molecule has 1 heterocycles. The fourth-order valence-corrected chi connectivity index (χ4v) is 1.76. The minimum absolute atomic E-state index is 0.227. The van der Waals surface area contributed by atoms with E-state index in [9.17, 15) is 4.79 Å². The number of carbonyl (C=O) groups is 1. The van der Waals surface area contributed by atoms with Crippen molar-refractivity contribution in [2.75, 3.05) is 13.7 Å². The van der Waals surface area contributed by atoms with Gasteiger partial charge < -0.3 is 14.2 Å². The largest absolute Gasteiger partial charge is 0.467 e. The maximum atomic E-state index is 11.5. The minimum atomic E-state index is -0.465. The lowest BCUT2D eigenvalue weighted by atomic mass is 10.1. The summed E-state index contributed by atoms with van der Waals surface area (Å²) in [6.45, 7) is 2.82. The fourth-order valence-electron chi connectivity index (χ4n) is 1.76. The highest BCUT2D eigenvalue weighted by Crippen LogP contribution is 2.18. The van der Waals surface area contributed by atoms with E-state index < -0.39 is 6.10 Å². The third-order valence-electron chi connectivity index (χ3n) is 2.74. The van der Waals surface area contributed by atoms with Crippen LogP contribution < -0.4 is 0 Å². The number of ether oxygens (including phenoxy) is 3. The van der Waals surface area contributed by atoms with Gasteiger partial charge in [0.25, 0.3) is 0 Å². The maximum absolute atomic E-state index is 11.5. The highest BCUT2D eigenvalue weighted by Gasteiger charge is 2.25. The first-order valence-corrected chi connectivity index (χ1v) is 6.12. The molecule has 0 aliphatic carbocycles. The van der Waals surface area contributed by atoms with Crippen LogP contribution in [0, 0.1) is 0 Å². The molecule has 16 heavy (non-hydrogen) atoms. The molecule has 1 aliphatic rings. The zero-order valence-electron chi connectivity index (χ0n) is 10.2. The molecule has 4 heteroatoms. The van der Waals surface area contributed by atoms with Gasteiger partial charge in [-0.25, -0.2) is 4.79 Å². The number of hydrogen-bond donors (Lipinski definition) is 0. The molecule has 1 rings (SSSR count). The quantitative estimate of drug-likeness (QED) is 0.656. The summed E-state index contributed by atoms with van der Waals surface area (Å²) in [5, 5.41) is 0. The summed E-state index contributed by atoms with van der Waals surface area (Å²) in [6, 6.07) is 0. The number of rotatable bonds is 6. The first-order valence-electron chi connectivity index (χ1n) is 6.12. The third-order valence-corrected chi connectivity index (χ3v) is 2.74. The lowest BCUT2D eigenvalue weighted by molar-refractivity contribution is -0.203. The molecule has 1 fully saturated rings. The van der Waals surface area contributed by atoms with Gasteiger partial charge in [-0.15, -0.1) is 0 Å². The Morgan fingerprint density at radius 2 is 2.31 bits per heavy atom. The van der Waals surface area contributed by atoms with Gasteiger partial charge in [-0.2, -0.15) is 0 Å². The van der Waals surface area contributed by atoms with Gasteiger partial charge in [0.1, 0.15) is 0 Å². The molecule has 0 spiro atoms. The second kappa shape index (κ2) is 7.63. The topological polar surface area (TPSA) is 44.8 Å². The summed E-state index contributed by atoms with van der Waals surface area (Å²) in [4.78, 5) is 11.5. The normalized spacial score (nSPS) is 22.8. The van der Waals surface area contributed by atoms with Crippen LogP contribution in [0.25, 0.3) is 0 Å². The van der Waals surface area contributed by atoms with E-state index in [1.165, 1.54) is 7.11 Å². The Morgan fingerprint density at radius 1 is 1.50 bits per heavy atom. The number of carbonyl (C=O) groups excluding carboxylic acids is 1. The minimum Gasteiger partial charge on any atom is -0.467 e. The van der Waals surface area contributed by atoms with E-state index in [-0.39, 0.29) is 12.3 Å². The first-order chi connectivity index (χ1) is 7.77. The Balaban J connectivity index is 2.38. The van der Waals surface area contributed by atoms with Crippen LogP contribution in [-0.2, 0) is 19.0 Å². The van der Waals surface area contributed by atoms with Gasteiger partial charge in [-0.05, 0) is 25.7 Å². The molecule has 0 amide bonds. The molecule has 2 unspecified atom stereocenters. The molecule has 1 saturated heterocycles. The van der Waals surface area contributed by atoms with Crippen LogP contribution in [0.1, 0.15) is 45.4 Å². The van der Waals surface area contributed by atoms with Crippen molar-refractivity contribution >= 4 is 5.97 Å². The zero-order valence-corrected chi connectivity index (χ0v) is 10.2. The average Bonchev–Trinajstić information content (AvgIpc) is 2.34. The van der Waals surface area contributed by atoms with Crippen molar-refractivity contribution in [1.82, 2.24) is 0 Å². The number of unbranched alkanes of at least 4 members (excludes halogenated alkanes) is 1. The van der Waals surface area contributed by atoms with Crippen LogP contribution in [-0.4, -0.2) is 32.1 Å². The van der Waals surface area contributed by atoms with Crippen molar-refractivity contribution in [3.05, 3.63) is 0 Å². The van der Waals surface area contributed by atoms with E-state index in [4.69, 9.17) is 14.2 Å². The summed E-state index contributed by atoms with van der Waals surface area (Å²) >= 11 is 0. The highest BCUT2D eigenvalue weighted by molar-refractivity contribution is 5.74. The van der Waals surface area contributed by atoms with Crippen molar-refractivity contribution < 1.29 is 19.0 Å². The van der Waals surface area contributed by atoms with E-state index in [2.05, 4.69) is 6.92 Å². The molecule has 0 N–H and O–H groups in total. The van der Waals surface area contributed by atoms with Crippen LogP contribution >= 0.6 is 0 Å². The fraction of sp³-hybridized carbons (Fsp3) is 0.917. The Kier molecular flexibility index (Phi) is 6.42. The molecule has 4 nitrogen and oxygen atoms in total. The monoisotopic (exact) mass is 230 g/mol. The van der Waals surface area contributed by atoms with Crippen molar-refractivity contribution in [1.29, 1.82) is 0 Å². The molecular weight excluding hydrogens is 208 g/mol. The molecule has 0 bridgehead atoms. The van der Waals surface area contributed by atoms with E-state index in [0.717, 1.165) is 38.7 Å². The van der Waals surface area contributed by atoms with Gasteiger partial charge in [0.2, 0.25) is 0 Å². The van der Waals surface area contributed by atoms with E-state index in [1.807, 2.05) is 0 Å². The first kappa shape index (κ1) is 13.5. The van der Waals surface area contributed by atoms with Crippen LogP contribution in [0.3, 0.4) is 0 Å². The summed E-state index contributed by atoms with van der Waals surface area (Å²) in [5.41, 5.74) is 0. The Hall–Kier alpha value is -0.610. The molecular formula is C12H22O4. The van der Waals surface area contributed by atoms with Gasteiger partial charge in [0.05, 0.1) is 7.11 Å². The lowest BCUT2D eigenvalue weighted by Gasteiger charge is -2.26. The van der Waals surface area contributed by atoms with Gasteiger partial charge in [0, 0.05) is 6.61 Å². The standard InChI is InChI=1S/C12H22O4/c1-3-4-7-10(12(13)14-2)16-11-8-5-6-9-15-11/h10-11H,3-9H2,1-2H3. The average molecular weight is 230 g/mol. The molecule has 0 radical (unpaired) electrons. The predicted molar refractivity (Wildman–Crippen MR) is 60.0 cm³/mol. The van der Waals surface area contributed by atoms with Gasteiger partial charge in [0.15, 0.2) is 12.4 Å². The number of hydrogen-bond acceptors (Lipinski definition) is 4. The van der Waals surface area contributed by atoms with E-state index in [1.54, 1.807) is 0 Å². The van der Waals surface area contributed by atoms with Crippen molar-refractivity contribution in [3.63, 3.8) is 0 Å². The second-order valence-corrected chi connectivity index (χ2v) is 4.09. The van der Waals surface area contributed by atoms with E-state index in [0.29, 0.717) is 6.42 Å². The summed E-state index contributed by atoms with van der Waals surface area (Å²) in [6.07, 6.45) is 5.09. The third kappa shape index (κ3) is 4.49. The van der Waals surface area contributed by atoms with Gasteiger partial charge >= 0.3 is 5.97 Å². The van der Waals surface area contributed by atoms with Crippen LogP contribution in [0.4, 0.5) is 0 Å². The summed E-state index contributed by atoms with van der Waals surface area (Å²) in [7, 11) is 1.40. The van der Waals surface area contributed by atoms with Crippen molar-refractivity contribution in [3.8, 4) is 0 Å². The number of methoxy groups -OCH3 is 1. The lowest BCUT2D eigenvalue weighted by Crippen LogP contribution is -2.33. The SMILES string of the molecule is CCCCC(OC1CCCCO1)C(=O)OC. The highest BCUT2D eigenvalue weighted by atomic mass is 16.7. The van der Waals surface area contributed by atoms with Crippen LogP contribution in [0.15, 0.2) is 0 Å². The molecule has 0 saturated carbocycles. The number of esters is 1. The molecule has 0 aromatic carbocycles. The smallest absolute Gasteiger partial charge is 0.335 e. The van der Waals surface area contributed by atoms with E-state index >= 15 is 0 Å². The second-order valence-electron chi connectivity index (χ2n) is 4.09. The van der Waals surface area contributed by atoms with Crippen molar-refractivity contribution in [2.45, 2.75) is 57.8 Å². The Labute approximate surface area is 97.2 Å². The predicted octanol–water partition coefficient (Wildman–Crippen LogP) is 2.26. The van der Waals surface area contributed by atoms with Crippen LogP contribution in [0.5, 0.6) is 0 Å². The molecule has 0 aromatic rings. The van der Waals surface area contributed by atoms with Crippen LogP contribution in [0.2, 0.25) is 0 Å². The molecule has 0 aromatic heterocycles. The zero-order chi connectivity index (χ0) is 11.8.